The Labute approximate surface area is 65.6 Å². The van der Waals surface area contributed by atoms with Crippen molar-refractivity contribution in [2.24, 2.45) is 0 Å². The second kappa shape index (κ2) is 4.82. The van der Waals surface area contributed by atoms with Crippen molar-refractivity contribution in [3.8, 4) is 0 Å². The number of hydrogen-bond donors (Lipinski definition) is 1. The van der Waals surface area contributed by atoms with Gasteiger partial charge in [-0.3, -0.25) is 4.79 Å². The molecular weight excluding hydrogens is 161 g/mol. The van der Waals surface area contributed by atoms with Gasteiger partial charge < -0.3 is 5.32 Å². The SMILES string of the molecule is O=C1CCCC[CH-]N1.[Co]. The number of hydrogen-bond acceptors (Lipinski definition) is 1. The van der Waals surface area contributed by atoms with Gasteiger partial charge in [-0.1, -0.05) is 6.42 Å². The zero-order chi connectivity index (χ0) is 5.82. The molecule has 3 heteroatoms. The maximum absolute atomic E-state index is 10.5. The molecule has 0 bridgehead atoms. The van der Waals surface area contributed by atoms with Gasteiger partial charge in [0.1, 0.15) is 0 Å². The summed E-state index contributed by atoms with van der Waals surface area (Å²) in [6.45, 7) is 1.84. The third kappa shape index (κ3) is 3.54. The zero-order valence-electron chi connectivity index (χ0n) is 5.15. The maximum Gasteiger partial charge on any atom is 0.191 e. The van der Waals surface area contributed by atoms with Gasteiger partial charge in [-0.15, -0.1) is 0 Å². The van der Waals surface area contributed by atoms with Crippen molar-refractivity contribution in [1.29, 1.82) is 0 Å². The van der Waals surface area contributed by atoms with Gasteiger partial charge >= 0.3 is 0 Å². The second-order valence-corrected chi connectivity index (χ2v) is 2.02. The molecule has 1 saturated heterocycles. The molecule has 1 fully saturated rings. The number of carbonyl (C=O) groups is 1. The molecule has 1 amide bonds. The first-order valence-electron chi connectivity index (χ1n) is 3.00. The zero-order valence-corrected chi connectivity index (χ0v) is 6.19. The Balaban J connectivity index is 0.000000640. The predicted molar refractivity (Wildman–Crippen MR) is 30.9 cm³/mol. The first kappa shape index (κ1) is 8.98. The van der Waals surface area contributed by atoms with Crippen LogP contribution in [0.5, 0.6) is 0 Å². The summed E-state index contributed by atoms with van der Waals surface area (Å²) in [7, 11) is 0. The van der Waals surface area contributed by atoms with E-state index in [0.29, 0.717) is 6.42 Å². The van der Waals surface area contributed by atoms with E-state index < -0.39 is 0 Å². The van der Waals surface area contributed by atoms with Crippen LogP contribution in [0.25, 0.3) is 0 Å². The second-order valence-electron chi connectivity index (χ2n) is 2.02. The molecule has 0 saturated carbocycles. The fourth-order valence-electron chi connectivity index (χ4n) is 0.790. The molecule has 2 nitrogen and oxygen atoms in total. The van der Waals surface area contributed by atoms with Crippen LogP contribution in [0.1, 0.15) is 25.7 Å². The standard InChI is InChI=1S/C6H10NO.Co/c8-6-4-2-1-3-5-7-6;/h5H,1-4H2,(H,7,8);/q-1;. The van der Waals surface area contributed by atoms with E-state index in [-0.39, 0.29) is 22.7 Å². The molecule has 0 aliphatic carbocycles. The van der Waals surface area contributed by atoms with Gasteiger partial charge in [0.25, 0.3) is 0 Å². The minimum Gasteiger partial charge on any atom is -0.506 e. The molecule has 0 aromatic heterocycles. The number of carbonyl (C=O) groups excluding carboxylic acids is 1. The number of nitrogens with one attached hydrogen (secondary N) is 1. The van der Waals surface area contributed by atoms with Crippen LogP contribution in [0.2, 0.25) is 0 Å². The van der Waals surface area contributed by atoms with Gasteiger partial charge in [0, 0.05) is 23.2 Å². The van der Waals surface area contributed by atoms with Crippen molar-refractivity contribution in [3.05, 3.63) is 6.54 Å². The molecule has 0 atom stereocenters. The van der Waals surface area contributed by atoms with Gasteiger partial charge in [0.15, 0.2) is 5.91 Å². The molecule has 0 spiro atoms. The normalized spacial score (nSPS) is 19.3. The molecule has 1 radical (unpaired) electrons. The molecule has 9 heavy (non-hydrogen) atoms. The quantitative estimate of drug-likeness (QED) is 0.537. The fourth-order valence-corrected chi connectivity index (χ4v) is 0.790. The third-order valence-corrected chi connectivity index (χ3v) is 1.27. The summed E-state index contributed by atoms with van der Waals surface area (Å²) in [4.78, 5) is 10.5. The van der Waals surface area contributed by atoms with Gasteiger partial charge in [-0.25, -0.2) is 6.54 Å². The first-order valence-corrected chi connectivity index (χ1v) is 3.00. The third-order valence-electron chi connectivity index (χ3n) is 1.27. The summed E-state index contributed by atoms with van der Waals surface area (Å²) in [5.74, 6) is 0.169. The van der Waals surface area contributed by atoms with E-state index in [0.717, 1.165) is 19.3 Å². The molecule has 1 rings (SSSR count). The summed E-state index contributed by atoms with van der Waals surface area (Å²) in [6, 6.07) is 0. The van der Waals surface area contributed by atoms with E-state index in [9.17, 15) is 4.79 Å². The smallest absolute Gasteiger partial charge is 0.191 e. The number of rotatable bonds is 0. The van der Waals surface area contributed by atoms with Crippen LogP contribution >= 0.6 is 0 Å². The van der Waals surface area contributed by atoms with Gasteiger partial charge in [0.05, 0.1) is 0 Å². The summed E-state index contributed by atoms with van der Waals surface area (Å²) in [6.07, 6.45) is 3.93. The molecule has 1 heterocycles. The van der Waals surface area contributed by atoms with E-state index in [2.05, 4.69) is 5.32 Å². The minimum absolute atomic E-state index is 0. The van der Waals surface area contributed by atoms with E-state index >= 15 is 0 Å². The average Bonchev–Trinajstić information content (AvgIpc) is 1.94. The van der Waals surface area contributed by atoms with E-state index in [1.165, 1.54) is 0 Å². The monoisotopic (exact) mass is 171 g/mol. The van der Waals surface area contributed by atoms with Crippen molar-refractivity contribution in [2.45, 2.75) is 25.7 Å². The van der Waals surface area contributed by atoms with Gasteiger partial charge in [0.2, 0.25) is 0 Å². The van der Waals surface area contributed by atoms with E-state index in [1.54, 1.807) is 0 Å². The minimum atomic E-state index is 0. The van der Waals surface area contributed by atoms with Crippen LogP contribution in [-0.4, -0.2) is 5.91 Å². The Morgan fingerprint density at radius 1 is 1.44 bits per heavy atom. The topological polar surface area (TPSA) is 29.1 Å². The van der Waals surface area contributed by atoms with Crippen molar-refractivity contribution in [2.75, 3.05) is 0 Å². The van der Waals surface area contributed by atoms with Crippen molar-refractivity contribution in [3.63, 3.8) is 0 Å². The average molecular weight is 171 g/mol. The Kier molecular flexibility index (Phi) is 4.81. The van der Waals surface area contributed by atoms with Crippen LogP contribution in [0.4, 0.5) is 0 Å². The summed E-state index contributed by atoms with van der Waals surface area (Å²) in [5, 5.41) is 2.68. The fraction of sp³-hybridized carbons (Fsp3) is 0.667. The molecular formula is C6H10CoNO-. The Morgan fingerprint density at radius 2 is 2.22 bits per heavy atom. The molecule has 0 aromatic carbocycles. The number of amides is 1. The maximum atomic E-state index is 10.5. The summed E-state index contributed by atoms with van der Waals surface area (Å²) in [5.41, 5.74) is 0. The van der Waals surface area contributed by atoms with Crippen LogP contribution in [-0.2, 0) is 21.6 Å². The molecule has 0 aromatic rings. The van der Waals surface area contributed by atoms with Crippen molar-refractivity contribution >= 4 is 5.91 Å². The summed E-state index contributed by atoms with van der Waals surface area (Å²) >= 11 is 0. The van der Waals surface area contributed by atoms with E-state index in [1.807, 2.05) is 6.54 Å². The van der Waals surface area contributed by atoms with Gasteiger partial charge in [-0.05, 0) is 6.42 Å². The van der Waals surface area contributed by atoms with Gasteiger partial charge in [-0.2, -0.15) is 6.42 Å². The molecule has 1 aliphatic heterocycles. The van der Waals surface area contributed by atoms with Crippen LogP contribution in [0.3, 0.4) is 0 Å². The first-order chi connectivity index (χ1) is 3.89. The van der Waals surface area contributed by atoms with Crippen LogP contribution in [0.15, 0.2) is 0 Å². The summed E-state index contributed by atoms with van der Waals surface area (Å²) < 4.78 is 0. The Bertz CT molecular complexity index is 85.1. The molecule has 1 aliphatic rings. The molecule has 55 valence electrons. The Morgan fingerprint density at radius 3 is 3.00 bits per heavy atom. The largest absolute Gasteiger partial charge is 0.506 e. The Hall–Kier alpha value is -0.0235. The predicted octanol–water partition coefficient (Wildman–Crippen LogP) is 0.836. The van der Waals surface area contributed by atoms with Crippen molar-refractivity contribution < 1.29 is 21.6 Å². The van der Waals surface area contributed by atoms with Crippen LogP contribution < -0.4 is 5.32 Å². The van der Waals surface area contributed by atoms with Crippen molar-refractivity contribution in [1.82, 2.24) is 5.32 Å². The van der Waals surface area contributed by atoms with Crippen LogP contribution in [0, 0.1) is 6.54 Å². The molecule has 0 unspecified atom stereocenters. The van der Waals surface area contributed by atoms with E-state index in [4.69, 9.17) is 0 Å². The molecule has 1 N–H and O–H groups in total.